The minimum atomic E-state index is -0.791. The highest BCUT2D eigenvalue weighted by Gasteiger charge is 2.19. The molecule has 0 unspecified atom stereocenters. The van der Waals surface area contributed by atoms with E-state index in [0.29, 0.717) is 11.4 Å². The normalized spacial score (nSPS) is 10.0. The van der Waals surface area contributed by atoms with Crippen LogP contribution in [0.4, 0.5) is 17.1 Å². The Morgan fingerprint density at radius 1 is 1.09 bits per heavy atom. The maximum absolute atomic E-state index is 12.1. The number of nitrogens with one attached hydrogen (secondary N) is 1. The second-order valence-corrected chi connectivity index (χ2v) is 4.39. The molecule has 0 aliphatic heterocycles. The summed E-state index contributed by atoms with van der Waals surface area (Å²) < 4.78 is 0. The highest BCUT2D eigenvalue weighted by Crippen LogP contribution is 2.23. The molecular weight excluding hydrogens is 292 g/mol. The summed E-state index contributed by atoms with van der Waals surface area (Å²) in [7, 11) is 0. The number of carbonyl (C=O) groups is 1. The fourth-order valence-electron chi connectivity index (χ4n) is 1.76. The minimum absolute atomic E-state index is 0.171. The summed E-state index contributed by atoms with van der Waals surface area (Å²) in [6, 6.07) is 5.90. The average molecular weight is 302 g/mol. The lowest BCUT2D eigenvalue weighted by molar-refractivity contribution is -0.394. The molecule has 2 rings (SSSR count). The Kier molecular flexibility index (Phi) is 4.07. The SMILES string of the molecule is Cc1cc(NC(=O)c2cc([N+](=O)[O-])cc([N+](=O)[O-])c2)ccn1. The van der Waals surface area contributed by atoms with Crippen LogP contribution in [0.1, 0.15) is 16.1 Å². The van der Waals surface area contributed by atoms with Crippen molar-refractivity contribution < 1.29 is 14.6 Å². The van der Waals surface area contributed by atoms with Crippen LogP contribution in [0, 0.1) is 27.2 Å². The molecule has 1 N–H and O–H groups in total. The lowest BCUT2D eigenvalue weighted by Gasteiger charge is -2.05. The molecule has 0 saturated heterocycles. The van der Waals surface area contributed by atoms with Gasteiger partial charge in [0.05, 0.1) is 21.5 Å². The van der Waals surface area contributed by atoms with E-state index < -0.39 is 27.1 Å². The summed E-state index contributed by atoms with van der Waals surface area (Å²) in [6.07, 6.45) is 1.49. The van der Waals surface area contributed by atoms with Gasteiger partial charge in [-0.3, -0.25) is 30.0 Å². The van der Waals surface area contributed by atoms with Crippen molar-refractivity contribution >= 4 is 23.0 Å². The van der Waals surface area contributed by atoms with Gasteiger partial charge in [-0.1, -0.05) is 0 Å². The van der Waals surface area contributed by atoms with E-state index in [2.05, 4.69) is 10.3 Å². The zero-order valence-corrected chi connectivity index (χ0v) is 11.3. The monoisotopic (exact) mass is 302 g/mol. The number of nitro benzene ring substituents is 2. The lowest BCUT2D eigenvalue weighted by atomic mass is 10.1. The summed E-state index contributed by atoms with van der Waals surface area (Å²) >= 11 is 0. The Balaban J connectivity index is 2.36. The standard InChI is InChI=1S/C13H10N4O5/c1-8-4-10(2-3-14-8)15-13(18)9-5-11(16(19)20)7-12(6-9)17(21)22/h2-7H,1H3,(H,14,15,18). The van der Waals surface area contributed by atoms with Crippen LogP contribution < -0.4 is 5.32 Å². The number of aromatic nitrogens is 1. The summed E-state index contributed by atoms with van der Waals surface area (Å²) in [4.78, 5) is 36.1. The van der Waals surface area contributed by atoms with Crippen molar-refractivity contribution in [1.29, 1.82) is 0 Å². The summed E-state index contributed by atoms with van der Waals surface area (Å²) in [5.41, 5.74) is -0.111. The zero-order valence-electron chi connectivity index (χ0n) is 11.3. The number of anilines is 1. The van der Waals surface area contributed by atoms with E-state index in [1.54, 1.807) is 13.0 Å². The predicted molar refractivity (Wildman–Crippen MR) is 76.7 cm³/mol. The number of benzene rings is 1. The van der Waals surface area contributed by atoms with Gasteiger partial charge in [0.15, 0.2) is 0 Å². The Bertz CT molecular complexity index is 743. The number of nitrogens with zero attached hydrogens (tertiary/aromatic N) is 3. The molecule has 0 aliphatic carbocycles. The Labute approximate surface area is 123 Å². The molecule has 0 fully saturated rings. The van der Waals surface area contributed by atoms with Gasteiger partial charge in [0.25, 0.3) is 17.3 Å². The molecule has 0 spiro atoms. The number of carbonyl (C=O) groups excluding carboxylic acids is 1. The Morgan fingerprint density at radius 2 is 1.68 bits per heavy atom. The van der Waals surface area contributed by atoms with Crippen molar-refractivity contribution in [2.75, 3.05) is 5.32 Å². The summed E-state index contributed by atoms with van der Waals surface area (Å²) in [6.45, 7) is 1.73. The van der Waals surface area contributed by atoms with Gasteiger partial charge >= 0.3 is 0 Å². The number of rotatable bonds is 4. The van der Waals surface area contributed by atoms with Crippen molar-refractivity contribution in [3.63, 3.8) is 0 Å². The number of nitro groups is 2. The van der Waals surface area contributed by atoms with Crippen LogP contribution in [0.3, 0.4) is 0 Å². The molecule has 1 aromatic heterocycles. The molecule has 1 aromatic carbocycles. The van der Waals surface area contributed by atoms with Gasteiger partial charge in [-0.05, 0) is 19.1 Å². The maximum Gasteiger partial charge on any atom is 0.277 e. The minimum Gasteiger partial charge on any atom is -0.322 e. The van der Waals surface area contributed by atoms with Crippen LogP contribution in [0.2, 0.25) is 0 Å². The van der Waals surface area contributed by atoms with Gasteiger partial charge in [0, 0.05) is 29.7 Å². The van der Waals surface area contributed by atoms with Crippen molar-refractivity contribution in [3.05, 3.63) is 68.0 Å². The van der Waals surface area contributed by atoms with Crippen LogP contribution in [0.15, 0.2) is 36.5 Å². The van der Waals surface area contributed by atoms with E-state index in [-0.39, 0.29) is 5.56 Å². The maximum atomic E-state index is 12.1. The van der Waals surface area contributed by atoms with Crippen LogP contribution in [-0.4, -0.2) is 20.7 Å². The molecule has 9 heteroatoms. The van der Waals surface area contributed by atoms with Gasteiger partial charge < -0.3 is 5.32 Å². The fourth-order valence-corrected chi connectivity index (χ4v) is 1.76. The van der Waals surface area contributed by atoms with Gasteiger partial charge in [-0.25, -0.2) is 0 Å². The van der Waals surface area contributed by atoms with E-state index in [0.717, 1.165) is 18.2 Å². The second kappa shape index (κ2) is 5.95. The Morgan fingerprint density at radius 3 is 2.18 bits per heavy atom. The van der Waals surface area contributed by atoms with Crippen molar-refractivity contribution in [2.45, 2.75) is 6.92 Å². The Hall–Kier alpha value is -3.36. The first-order chi connectivity index (χ1) is 10.4. The van der Waals surface area contributed by atoms with Crippen LogP contribution in [-0.2, 0) is 0 Å². The van der Waals surface area contributed by atoms with E-state index in [1.807, 2.05) is 0 Å². The molecule has 0 saturated carbocycles. The molecule has 22 heavy (non-hydrogen) atoms. The third-order valence-electron chi connectivity index (χ3n) is 2.74. The highest BCUT2D eigenvalue weighted by atomic mass is 16.6. The summed E-state index contributed by atoms with van der Waals surface area (Å²) in [5.74, 6) is -0.683. The zero-order chi connectivity index (χ0) is 16.3. The topological polar surface area (TPSA) is 128 Å². The van der Waals surface area contributed by atoms with Gasteiger partial charge in [-0.2, -0.15) is 0 Å². The van der Waals surface area contributed by atoms with Gasteiger partial charge in [0.2, 0.25) is 0 Å². The second-order valence-electron chi connectivity index (χ2n) is 4.39. The molecule has 0 atom stereocenters. The van der Waals surface area contributed by atoms with Crippen LogP contribution in [0.25, 0.3) is 0 Å². The molecule has 0 radical (unpaired) electrons. The number of aryl methyl sites for hydroxylation is 1. The first-order valence-electron chi connectivity index (χ1n) is 6.04. The molecular formula is C13H10N4O5. The molecule has 1 heterocycles. The van der Waals surface area contributed by atoms with E-state index in [9.17, 15) is 25.0 Å². The smallest absolute Gasteiger partial charge is 0.277 e. The number of hydrogen-bond donors (Lipinski definition) is 1. The first kappa shape index (κ1) is 15.0. The number of amides is 1. The van der Waals surface area contributed by atoms with Crippen LogP contribution >= 0.6 is 0 Å². The first-order valence-corrected chi connectivity index (χ1v) is 6.04. The number of pyridine rings is 1. The van der Waals surface area contributed by atoms with Gasteiger partial charge in [-0.15, -0.1) is 0 Å². The van der Waals surface area contributed by atoms with Crippen molar-refractivity contribution in [2.24, 2.45) is 0 Å². The molecule has 2 aromatic rings. The largest absolute Gasteiger partial charge is 0.322 e. The number of hydrogen-bond acceptors (Lipinski definition) is 6. The van der Waals surface area contributed by atoms with Crippen LogP contribution in [0.5, 0.6) is 0 Å². The van der Waals surface area contributed by atoms with E-state index in [1.165, 1.54) is 12.3 Å². The highest BCUT2D eigenvalue weighted by molar-refractivity contribution is 6.05. The summed E-state index contributed by atoms with van der Waals surface area (Å²) in [5, 5.41) is 24.1. The van der Waals surface area contributed by atoms with E-state index >= 15 is 0 Å². The molecule has 0 bridgehead atoms. The quantitative estimate of drug-likeness (QED) is 0.682. The van der Waals surface area contributed by atoms with Crippen molar-refractivity contribution in [1.82, 2.24) is 4.98 Å². The van der Waals surface area contributed by atoms with E-state index in [4.69, 9.17) is 0 Å². The van der Waals surface area contributed by atoms with Gasteiger partial charge in [0.1, 0.15) is 0 Å². The predicted octanol–water partition coefficient (Wildman–Crippen LogP) is 2.46. The third kappa shape index (κ3) is 3.39. The number of non-ortho nitro benzene ring substituents is 2. The molecule has 9 nitrogen and oxygen atoms in total. The average Bonchev–Trinajstić information content (AvgIpc) is 2.46. The lowest BCUT2D eigenvalue weighted by Crippen LogP contribution is -2.13. The fraction of sp³-hybridized carbons (Fsp3) is 0.0769. The van der Waals surface area contributed by atoms with Crippen molar-refractivity contribution in [3.8, 4) is 0 Å². The molecule has 1 amide bonds. The third-order valence-corrected chi connectivity index (χ3v) is 2.74. The molecule has 0 aliphatic rings. The molecule has 112 valence electrons.